The lowest BCUT2D eigenvalue weighted by Gasteiger charge is -2.45. The normalized spacial score (nSPS) is 22.1. The van der Waals surface area contributed by atoms with Crippen molar-refractivity contribution in [3.8, 4) is 0 Å². The Morgan fingerprint density at radius 2 is 1.25 bits per heavy atom. The van der Waals surface area contributed by atoms with Crippen molar-refractivity contribution in [2.75, 3.05) is 14.7 Å². The largest absolute Gasteiger partial charge is 0.605 e. The summed E-state index contributed by atoms with van der Waals surface area (Å²) in [6.07, 6.45) is 14.5. The van der Waals surface area contributed by atoms with E-state index in [-0.39, 0.29) is 0 Å². The summed E-state index contributed by atoms with van der Waals surface area (Å²) in [6, 6.07) is 19.8. The molecule has 1 aliphatic carbocycles. The minimum absolute atomic E-state index is 0.423. The van der Waals surface area contributed by atoms with Gasteiger partial charge >= 0.3 is 5.12 Å². The zero-order valence-corrected chi connectivity index (χ0v) is 20.0. The monoisotopic (exact) mass is 491 g/mol. The molecule has 0 radical (unpaired) electrons. The Labute approximate surface area is 211 Å². The van der Waals surface area contributed by atoms with E-state index in [4.69, 9.17) is 15.0 Å². The molecule has 4 aromatic rings. The van der Waals surface area contributed by atoms with E-state index in [1.54, 1.807) is 24.8 Å². The molecule has 176 valence electrons. The summed E-state index contributed by atoms with van der Waals surface area (Å²) < 4.78 is 14.9. The molecule has 2 aromatic heterocycles. The van der Waals surface area contributed by atoms with E-state index in [1.165, 1.54) is 0 Å². The summed E-state index contributed by atoms with van der Waals surface area (Å²) in [5.74, 6) is 1.82. The maximum absolute atomic E-state index is 14.9. The standard InChI is InChI=1S/C27H21N7OS/c35-36-26-25(30-18-19-31-26)34(22-14-8-3-9-15-22)27(36)32(20-10-4-1-5-11-20)23-24(29-17-16-28-23)33(27)21-12-6-2-7-13-21/h1-6,8-12,14-19H,7,13H2. The number of hydrogen-bond acceptors (Lipinski definition) is 8. The van der Waals surface area contributed by atoms with Crippen LogP contribution in [0.1, 0.15) is 12.8 Å². The molecule has 0 amide bonds. The molecule has 2 atom stereocenters. The Hall–Kier alpha value is -4.21. The van der Waals surface area contributed by atoms with E-state index in [2.05, 4.69) is 22.0 Å². The fourth-order valence-electron chi connectivity index (χ4n) is 5.17. The topological polar surface area (TPSA) is 84.3 Å². The Balaban J connectivity index is 1.61. The highest BCUT2D eigenvalue weighted by atomic mass is 32.2. The molecule has 0 bridgehead atoms. The molecule has 0 saturated carbocycles. The molecule has 8 nitrogen and oxygen atoms in total. The van der Waals surface area contributed by atoms with Crippen LogP contribution in [0, 0.1) is 0 Å². The number of benzene rings is 2. The second kappa shape index (κ2) is 8.18. The van der Waals surface area contributed by atoms with E-state index in [0.717, 1.165) is 29.9 Å². The average Bonchev–Trinajstić information content (AvgIpc) is 3.39. The maximum atomic E-state index is 14.9. The zero-order chi connectivity index (χ0) is 24.1. The fraction of sp³-hybridized carbons (Fsp3) is 0.111. The van der Waals surface area contributed by atoms with Crippen molar-refractivity contribution in [1.82, 2.24) is 19.9 Å². The lowest BCUT2D eigenvalue weighted by molar-refractivity contribution is 0.523. The van der Waals surface area contributed by atoms with Crippen LogP contribution in [0.4, 0.5) is 28.8 Å². The molecule has 0 fully saturated rings. The zero-order valence-electron chi connectivity index (χ0n) is 19.2. The van der Waals surface area contributed by atoms with Crippen LogP contribution in [0.5, 0.6) is 0 Å². The average molecular weight is 492 g/mol. The van der Waals surface area contributed by atoms with Crippen molar-refractivity contribution in [3.63, 3.8) is 0 Å². The third-order valence-corrected chi connectivity index (χ3v) is 8.23. The van der Waals surface area contributed by atoms with E-state index in [9.17, 15) is 4.55 Å². The van der Waals surface area contributed by atoms with Gasteiger partial charge in [-0.05, 0) is 43.2 Å². The van der Waals surface area contributed by atoms with Crippen LogP contribution < -0.4 is 14.7 Å². The van der Waals surface area contributed by atoms with Crippen LogP contribution in [-0.2, 0) is 11.2 Å². The molecule has 0 N–H and O–H groups in total. The van der Waals surface area contributed by atoms with Crippen molar-refractivity contribution in [1.29, 1.82) is 0 Å². The Bertz CT molecular complexity index is 1450. The summed E-state index contributed by atoms with van der Waals surface area (Å²) in [6.45, 7) is 0. The second-order valence-electron chi connectivity index (χ2n) is 8.53. The van der Waals surface area contributed by atoms with Gasteiger partial charge in [0.05, 0.1) is 28.7 Å². The Morgan fingerprint density at radius 3 is 1.86 bits per heavy atom. The molecule has 0 saturated heterocycles. The van der Waals surface area contributed by atoms with Gasteiger partial charge in [0.2, 0.25) is 5.82 Å². The van der Waals surface area contributed by atoms with Crippen molar-refractivity contribution in [2.24, 2.45) is 0 Å². The number of para-hydroxylation sites is 2. The highest BCUT2D eigenvalue weighted by Gasteiger charge is 2.72. The van der Waals surface area contributed by atoms with Crippen LogP contribution in [0.15, 0.2) is 114 Å². The number of anilines is 5. The van der Waals surface area contributed by atoms with Gasteiger partial charge in [-0.2, -0.15) is 0 Å². The number of allylic oxidation sites excluding steroid dienone is 4. The molecule has 2 aromatic carbocycles. The first kappa shape index (κ1) is 21.1. The van der Waals surface area contributed by atoms with Gasteiger partial charge in [0, 0.05) is 24.3 Å². The Morgan fingerprint density at radius 1 is 0.694 bits per heavy atom. The molecule has 9 heteroatoms. The van der Waals surface area contributed by atoms with Crippen LogP contribution in [0.25, 0.3) is 0 Å². The third-order valence-electron chi connectivity index (χ3n) is 6.55. The minimum atomic E-state index is -1.69. The number of hydrogen-bond donors (Lipinski definition) is 0. The summed E-state index contributed by atoms with van der Waals surface area (Å²) in [5.41, 5.74) is 2.69. The van der Waals surface area contributed by atoms with Gasteiger partial charge in [-0.15, -0.1) is 0 Å². The smallest absolute Gasteiger partial charge is 0.385 e. The molecule has 36 heavy (non-hydrogen) atoms. The molecule has 1 spiro atoms. The molecule has 2 unspecified atom stereocenters. The number of rotatable bonds is 3. The van der Waals surface area contributed by atoms with Crippen LogP contribution >= 0.6 is 0 Å². The highest BCUT2D eigenvalue weighted by molar-refractivity contribution is 7.93. The number of aromatic nitrogens is 4. The molecule has 2 aliphatic heterocycles. The van der Waals surface area contributed by atoms with E-state index >= 15 is 0 Å². The van der Waals surface area contributed by atoms with Crippen molar-refractivity contribution >= 4 is 40.0 Å². The van der Waals surface area contributed by atoms with Crippen molar-refractivity contribution in [3.05, 3.63) is 109 Å². The van der Waals surface area contributed by atoms with Gasteiger partial charge in [-0.25, -0.2) is 34.6 Å². The van der Waals surface area contributed by atoms with Gasteiger partial charge in [0.1, 0.15) is 0 Å². The minimum Gasteiger partial charge on any atom is -0.605 e. The van der Waals surface area contributed by atoms with E-state index < -0.39 is 16.3 Å². The highest BCUT2D eigenvalue weighted by Crippen LogP contribution is 2.60. The second-order valence-corrected chi connectivity index (χ2v) is 10.0. The molecular weight excluding hydrogens is 470 g/mol. The summed E-state index contributed by atoms with van der Waals surface area (Å²) >= 11 is -1.69. The first-order valence-corrected chi connectivity index (χ1v) is 12.9. The van der Waals surface area contributed by atoms with E-state index in [0.29, 0.717) is 22.5 Å². The first-order valence-electron chi connectivity index (χ1n) is 11.7. The van der Waals surface area contributed by atoms with Gasteiger partial charge < -0.3 is 4.55 Å². The van der Waals surface area contributed by atoms with Crippen LogP contribution in [0.3, 0.4) is 0 Å². The third kappa shape index (κ3) is 2.81. The quantitative estimate of drug-likeness (QED) is 0.369. The molecule has 4 heterocycles. The lowest BCUT2D eigenvalue weighted by atomic mass is 10.1. The number of fused-ring (bicyclic) bond motifs is 2. The molecule has 3 aliphatic rings. The van der Waals surface area contributed by atoms with Crippen LogP contribution in [0.2, 0.25) is 0 Å². The molecular formula is C27H21N7OS. The number of nitrogens with zero attached hydrogens (tertiary/aromatic N) is 7. The van der Waals surface area contributed by atoms with Crippen LogP contribution in [-0.4, -0.2) is 29.6 Å². The summed E-state index contributed by atoms with van der Waals surface area (Å²) in [7, 11) is 0. The summed E-state index contributed by atoms with van der Waals surface area (Å²) in [5, 5.41) is -0.875. The van der Waals surface area contributed by atoms with E-state index in [1.807, 2.05) is 76.5 Å². The molecule has 7 rings (SSSR count). The van der Waals surface area contributed by atoms with Gasteiger partial charge in [0.15, 0.2) is 11.6 Å². The van der Waals surface area contributed by atoms with Gasteiger partial charge in [-0.1, -0.05) is 48.6 Å². The summed E-state index contributed by atoms with van der Waals surface area (Å²) in [4.78, 5) is 25.0. The lowest BCUT2D eigenvalue weighted by Crippen LogP contribution is -2.67. The van der Waals surface area contributed by atoms with Gasteiger partial charge in [-0.3, -0.25) is 0 Å². The first-order chi connectivity index (χ1) is 17.8. The fourth-order valence-corrected chi connectivity index (χ4v) is 6.98. The predicted molar refractivity (Wildman–Crippen MR) is 139 cm³/mol. The predicted octanol–water partition coefficient (Wildman–Crippen LogP) is 5.03. The van der Waals surface area contributed by atoms with Crippen molar-refractivity contribution < 1.29 is 4.55 Å². The SMILES string of the molecule is [O-][S+]1c2nccnc2N(c2ccccc2)C12N(C1=CC=CCC1)c1nccnc1N2c1ccccc1. The van der Waals surface area contributed by atoms with Crippen molar-refractivity contribution in [2.45, 2.75) is 23.0 Å². The Kier molecular flexibility index (Phi) is 4.80. The van der Waals surface area contributed by atoms with Gasteiger partial charge in [0.25, 0.3) is 5.03 Å². The maximum Gasteiger partial charge on any atom is 0.385 e.